The Kier molecular flexibility index (Phi) is 6.57. The third kappa shape index (κ3) is 4.88. The molecule has 30 heavy (non-hydrogen) atoms. The van der Waals surface area contributed by atoms with Gasteiger partial charge < -0.3 is 17.0 Å². The lowest BCUT2D eigenvalue weighted by Crippen LogP contribution is -3.00. The third-order valence-corrected chi connectivity index (χ3v) is 5.25. The fourth-order valence-corrected chi connectivity index (χ4v) is 3.43. The van der Waals surface area contributed by atoms with E-state index in [1.807, 2.05) is 10.7 Å². The second kappa shape index (κ2) is 8.97. The number of hydrogen-bond acceptors (Lipinski definition) is 1. The Labute approximate surface area is 189 Å². The summed E-state index contributed by atoms with van der Waals surface area (Å²) in [6.07, 6.45) is 2.11. The van der Waals surface area contributed by atoms with Crippen LogP contribution in [0.2, 0.25) is 0 Å². The van der Waals surface area contributed by atoms with E-state index in [1.54, 1.807) is 0 Å². The molecule has 0 radical (unpaired) electrons. The fraction of sp³-hybridized carbons (Fsp3) is 0.231. The second-order valence-corrected chi connectivity index (χ2v) is 8.65. The van der Waals surface area contributed by atoms with Crippen molar-refractivity contribution >= 4 is 0 Å². The van der Waals surface area contributed by atoms with Gasteiger partial charge in [-0.15, -0.1) is 9.36 Å². The Hall–Kier alpha value is -2.72. The SMILES string of the molecule is Cc1ccc(-n2cc(-c3ccccc3)[n+](Cc3ccc(C(C)(C)C)cc3)n2)cc1.[Br-]. The van der Waals surface area contributed by atoms with E-state index < -0.39 is 0 Å². The molecule has 154 valence electrons. The highest BCUT2D eigenvalue weighted by Crippen LogP contribution is 2.22. The summed E-state index contributed by atoms with van der Waals surface area (Å²) in [6, 6.07) is 27.8. The van der Waals surface area contributed by atoms with Crippen LogP contribution < -0.4 is 21.7 Å². The third-order valence-electron chi connectivity index (χ3n) is 5.25. The first kappa shape index (κ1) is 22.0. The first-order chi connectivity index (χ1) is 13.9. The Morgan fingerprint density at radius 2 is 1.47 bits per heavy atom. The van der Waals surface area contributed by atoms with E-state index in [0.717, 1.165) is 23.5 Å². The topological polar surface area (TPSA) is 21.7 Å². The van der Waals surface area contributed by atoms with Crippen LogP contribution in [-0.2, 0) is 12.0 Å². The maximum atomic E-state index is 4.89. The van der Waals surface area contributed by atoms with E-state index in [-0.39, 0.29) is 22.4 Å². The molecule has 4 rings (SSSR count). The van der Waals surface area contributed by atoms with Crippen LogP contribution in [0.4, 0.5) is 0 Å². The molecule has 0 saturated heterocycles. The van der Waals surface area contributed by atoms with E-state index in [1.165, 1.54) is 16.7 Å². The van der Waals surface area contributed by atoms with E-state index in [9.17, 15) is 0 Å². The molecule has 0 aliphatic carbocycles. The van der Waals surface area contributed by atoms with Crippen LogP contribution in [0.15, 0.2) is 85.1 Å². The molecular weight excluding hydrogens is 434 g/mol. The minimum absolute atomic E-state index is 0. The van der Waals surface area contributed by atoms with Gasteiger partial charge in [0.15, 0.2) is 17.6 Å². The number of rotatable bonds is 4. The monoisotopic (exact) mass is 461 g/mol. The molecule has 0 saturated carbocycles. The molecule has 0 spiro atoms. The van der Waals surface area contributed by atoms with Crippen LogP contribution in [0.25, 0.3) is 16.9 Å². The van der Waals surface area contributed by atoms with Crippen LogP contribution in [0.5, 0.6) is 0 Å². The van der Waals surface area contributed by atoms with Crippen molar-refractivity contribution in [2.75, 3.05) is 0 Å². The van der Waals surface area contributed by atoms with Gasteiger partial charge in [-0.2, -0.15) is 0 Å². The van der Waals surface area contributed by atoms with E-state index in [2.05, 4.69) is 111 Å². The van der Waals surface area contributed by atoms with Gasteiger partial charge in [0.2, 0.25) is 0 Å². The highest BCUT2D eigenvalue weighted by Gasteiger charge is 2.20. The van der Waals surface area contributed by atoms with Gasteiger partial charge >= 0.3 is 0 Å². The fourth-order valence-electron chi connectivity index (χ4n) is 3.43. The molecule has 1 heterocycles. The van der Waals surface area contributed by atoms with Crippen molar-refractivity contribution in [3.63, 3.8) is 0 Å². The standard InChI is InChI=1S/C26H28N3.BrH/c1-20-10-16-24(17-11-20)28-19-25(22-8-6-5-7-9-22)29(27-28)18-21-12-14-23(15-13-21)26(2,3)4;/h5-17,19H,18H2,1-4H3;1H/q+1;/p-1. The molecule has 0 fully saturated rings. The largest absolute Gasteiger partial charge is 1.00 e. The zero-order chi connectivity index (χ0) is 20.4. The minimum atomic E-state index is 0. The van der Waals surface area contributed by atoms with Crippen molar-refractivity contribution in [2.45, 2.75) is 39.7 Å². The van der Waals surface area contributed by atoms with Gasteiger partial charge in [0, 0.05) is 5.56 Å². The van der Waals surface area contributed by atoms with Gasteiger partial charge in [0.1, 0.15) is 6.54 Å². The van der Waals surface area contributed by atoms with Crippen LogP contribution in [-0.4, -0.2) is 9.90 Å². The van der Waals surface area contributed by atoms with E-state index in [0.29, 0.717) is 0 Å². The Balaban J connectivity index is 0.00000256. The summed E-state index contributed by atoms with van der Waals surface area (Å²) in [7, 11) is 0. The van der Waals surface area contributed by atoms with E-state index >= 15 is 0 Å². The first-order valence-electron chi connectivity index (χ1n) is 10.1. The summed E-state index contributed by atoms with van der Waals surface area (Å²) in [6.45, 7) is 9.56. The lowest BCUT2D eigenvalue weighted by Gasteiger charge is -2.18. The molecule has 0 N–H and O–H groups in total. The minimum Gasteiger partial charge on any atom is -1.00 e. The average Bonchev–Trinajstić information content (AvgIpc) is 3.13. The summed E-state index contributed by atoms with van der Waals surface area (Å²) >= 11 is 0. The van der Waals surface area contributed by atoms with Crippen LogP contribution in [0.1, 0.15) is 37.5 Å². The predicted molar refractivity (Wildman–Crippen MR) is 118 cm³/mol. The maximum Gasteiger partial charge on any atom is 0.198 e. The number of halogens is 1. The predicted octanol–water partition coefficient (Wildman–Crippen LogP) is 2.49. The molecule has 3 aromatic carbocycles. The molecule has 4 aromatic rings. The lowest BCUT2D eigenvalue weighted by molar-refractivity contribution is -0.737. The zero-order valence-corrected chi connectivity index (χ0v) is 19.6. The van der Waals surface area contributed by atoms with Crippen molar-refractivity contribution in [1.82, 2.24) is 9.90 Å². The molecule has 0 atom stereocenters. The second-order valence-electron chi connectivity index (χ2n) is 8.65. The molecule has 0 amide bonds. The van der Waals surface area contributed by atoms with Crippen LogP contribution >= 0.6 is 0 Å². The molecule has 0 aliphatic heterocycles. The van der Waals surface area contributed by atoms with Crippen LogP contribution in [0.3, 0.4) is 0 Å². The Morgan fingerprint density at radius 1 is 0.833 bits per heavy atom. The van der Waals surface area contributed by atoms with Gasteiger partial charge in [-0.05, 0) is 35.6 Å². The summed E-state index contributed by atoms with van der Waals surface area (Å²) in [5.41, 5.74) is 7.33. The van der Waals surface area contributed by atoms with Crippen molar-refractivity contribution < 1.29 is 21.7 Å². The zero-order valence-electron chi connectivity index (χ0n) is 18.0. The quantitative estimate of drug-likeness (QED) is 0.427. The van der Waals surface area contributed by atoms with Gasteiger partial charge in [-0.25, -0.2) is 0 Å². The number of hydrogen-bond donors (Lipinski definition) is 0. The highest BCUT2D eigenvalue weighted by molar-refractivity contribution is 5.55. The molecule has 4 heteroatoms. The normalized spacial score (nSPS) is 11.2. The molecular formula is C26H28BrN3. The Bertz CT molecular complexity index is 1090. The highest BCUT2D eigenvalue weighted by atomic mass is 79.9. The van der Waals surface area contributed by atoms with E-state index in [4.69, 9.17) is 5.21 Å². The lowest BCUT2D eigenvalue weighted by atomic mass is 9.87. The summed E-state index contributed by atoms with van der Waals surface area (Å²) < 4.78 is 4.05. The molecule has 1 aromatic heterocycles. The average molecular weight is 462 g/mol. The van der Waals surface area contributed by atoms with Crippen molar-refractivity contribution in [3.8, 4) is 16.9 Å². The summed E-state index contributed by atoms with van der Waals surface area (Å²) in [5, 5.41) is 4.89. The maximum absolute atomic E-state index is 4.89. The van der Waals surface area contributed by atoms with Crippen molar-refractivity contribution in [1.29, 1.82) is 0 Å². The first-order valence-corrected chi connectivity index (χ1v) is 10.1. The number of aryl methyl sites for hydroxylation is 1. The smallest absolute Gasteiger partial charge is 0.198 e. The van der Waals surface area contributed by atoms with Gasteiger partial charge in [-0.1, -0.05) is 93.1 Å². The number of aromatic nitrogens is 3. The van der Waals surface area contributed by atoms with Gasteiger partial charge in [0.25, 0.3) is 0 Å². The van der Waals surface area contributed by atoms with Crippen molar-refractivity contribution in [2.24, 2.45) is 0 Å². The van der Waals surface area contributed by atoms with Crippen LogP contribution in [0, 0.1) is 6.92 Å². The van der Waals surface area contributed by atoms with Crippen molar-refractivity contribution in [3.05, 3.63) is 102 Å². The molecule has 0 bridgehead atoms. The molecule has 0 unspecified atom stereocenters. The summed E-state index contributed by atoms with van der Waals surface area (Å²) in [5.74, 6) is 0. The number of benzene rings is 3. The van der Waals surface area contributed by atoms with Gasteiger partial charge in [0.05, 0.1) is 5.21 Å². The summed E-state index contributed by atoms with van der Waals surface area (Å²) in [4.78, 5) is 0. The van der Waals surface area contributed by atoms with Gasteiger partial charge in [-0.3, -0.25) is 0 Å². The Morgan fingerprint density at radius 3 is 2.07 bits per heavy atom. The number of nitrogens with zero attached hydrogens (tertiary/aromatic N) is 3. The molecule has 3 nitrogen and oxygen atoms in total. The molecule has 0 aliphatic rings.